The first kappa shape index (κ1) is 18.5. The van der Waals surface area contributed by atoms with Crippen LogP contribution in [0.25, 0.3) is 0 Å². The van der Waals surface area contributed by atoms with E-state index in [1.807, 2.05) is 0 Å². The second-order valence-corrected chi connectivity index (χ2v) is 4.88. The van der Waals surface area contributed by atoms with E-state index < -0.39 is 23.0 Å². The summed E-state index contributed by atoms with van der Waals surface area (Å²) in [7, 11) is 1.20. The third-order valence-electron chi connectivity index (χ3n) is 2.86. The Kier molecular flexibility index (Phi) is 6.00. The van der Waals surface area contributed by atoms with E-state index in [4.69, 9.17) is 33.7 Å². The summed E-state index contributed by atoms with van der Waals surface area (Å²) in [4.78, 5) is 12.4. The molecule has 0 amide bonds. The van der Waals surface area contributed by atoms with Crippen LogP contribution in [0.3, 0.4) is 0 Å². The van der Waals surface area contributed by atoms with Crippen molar-refractivity contribution in [1.29, 1.82) is 0 Å². The zero-order valence-corrected chi connectivity index (χ0v) is 13.5. The molecule has 118 valence electrons. The number of nitrogen functional groups attached to an aromatic ring is 1. The Balaban J connectivity index is 0.00000242. The zero-order chi connectivity index (χ0) is 15.7. The van der Waals surface area contributed by atoms with Gasteiger partial charge in [-0.15, -0.1) is 12.4 Å². The Morgan fingerprint density at radius 1 is 1.14 bits per heavy atom. The van der Waals surface area contributed by atoms with Crippen LogP contribution in [0.2, 0.25) is 10.0 Å². The number of methoxy groups -OCH3 is 1. The molecule has 2 aromatic rings. The van der Waals surface area contributed by atoms with Crippen molar-refractivity contribution in [3.05, 3.63) is 57.1 Å². The smallest absolute Gasteiger partial charge is 0.202 e. The number of rotatable bonds is 3. The van der Waals surface area contributed by atoms with Crippen molar-refractivity contribution in [3.63, 3.8) is 0 Å². The van der Waals surface area contributed by atoms with E-state index >= 15 is 0 Å². The molecule has 0 aliphatic rings. The lowest BCUT2D eigenvalue weighted by molar-refractivity contribution is 0.103. The van der Waals surface area contributed by atoms with E-state index in [0.29, 0.717) is 0 Å². The normalized spacial score (nSPS) is 10.0. The van der Waals surface area contributed by atoms with Crippen molar-refractivity contribution in [2.24, 2.45) is 0 Å². The average Bonchev–Trinajstić information content (AvgIpc) is 2.44. The van der Waals surface area contributed by atoms with Crippen molar-refractivity contribution in [2.45, 2.75) is 0 Å². The van der Waals surface area contributed by atoms with Gasteiger partial charge in [0.1, 0.15) is 5.82 Å². The fraction of sp³-hybridized carbons (Fsp3) is 0.0714. The summed E-state index contributed by atoms with van der Waals surface area (Å²) >= 11 is 11.7. The summed E-state index contributed by atoms with van der Waals surface area (Å²) < 4.78 is 32.7. The topological polar surface area (TPSA) is 52.3 Å². The number of anilines is 1. The standard InChI is InChI=1S/C14H9Cl2F2NO2.ClH/c1-21-9-5-3-7(17)10(13(9)18)14(20)11-8(19)4-2-6(15)12(11)16;/h2-5H,19H2,1H3;1H. The number of carbonyl (C=O) groups is 1. The molecule has 0 aliphatic heterocycles. The molecule has 2 aromatic carbocycles. The first-order chi connectivity index (χ1) is 9.88. The van der Waals surface area contributed by atoms with Gasteiger partial charge in [-0.2, -0.15) is 0 Å². The third-order valence-corrected chi connectivity index (χ3v) is 3.66. The quantitative estimate of drug-likeness (QED) is 0.640. The van der Waals surface area contributed by atoms with Crippen LogP contribution in [-0.4, -0.2) is 12.9 Å². The fourth-order valence-electron chi connectivity index (χ4n) is 1.82. The number of hydrogen-bond acceptors (Lipinski definition) is 3. The molecular formula is C14H10Cl3F2NO2. The highest BCUT2D eigenvalue weighted by Gasteiger charge is 2.26. The molecule has 0 radical (unpaired) electrons. The Morgan fingerprint density at radius 3 is 2.36 bits per heavy atom. The van der Waals surface area contributed by atoms with Crippen LogP contribution < -0.4 is 10.5 Å². The molecule has 0 spiro atoms. The maximum absolute atomic E-state index is 14.1. The van der Waals surface area contributed by atoms with Crippen LogP contribution in [-0.2, 0) is 0 Å². The van der Waals surface area contributed by atoms with E-state index in [9.17, 15) is 13.6 Å². The van der Waals surface area contributed by atoms with Gasteiger partial charge in [0.05, 0.1) is 28.3 Å². The summed E-state index contributed by atoms with van der Waals surface area (Å²) in [5, 5.41) is -0.110. The second kappa shape index (κ2) is 7.13. The molecule has 22 heavy (non-hydrogen) atoms. The number of hydrogen-bond donors (Lipinski definition) is 1. The maximum Gasteiger partial charge on any atom is 0.202 e. The lowest BCUT2D eigenvalue weighted by Crippen LogP contribution is -2.12. The van der Waals surface area contributed by atoms with Crippen molar-refractivity contribution in [3.8, 4) is 5.75 Å². The highest BCUT2D eigenvalue weighted by molar-refractivity contribution is 6.45. The predicted molar refractivity (Wildman–Crippen MR) is 84.5 cm³/mol. The van der Waals surface area contributed by atoms with Gasteiger partial charge in [-0.05, 0) is 24.3 Å². The van der Waals surface area contributed by atoms with Gasteiger partial charge in [0.25, 0.3) is 0 Å². The van der Waals surface area contributed by atoms with Crippen LogP contribution in [0.15, 0.2) is 24.3 Å². The molecular weight excluding hydrogens is 359 g/mol. The van der Waals surface area contributed by atoms with E-state index in [1.165, 1.54) is 19.2 Å². The van der Waals surface area contributed by atoms with Crippen molar-refractivity contribution in [2.75, 3.05) is 12.8 Å². The third kappa shape index (κ3) is 3.11. The van der Waals surface area contributed by atoms with Gasteiger partial charge in [-0.1, -0.05) is 23.2 Å². The minimum atomic E-state index is -1.13. The minimum Gasteiger partial charge on any atom is -0.494 e. The molecule has 8 heteroatoms. The lowest BCUT2D eigenvalue weighted by Gasteiger charge is -2.11. The molecule has 0 aliphatic carbocycles. The van der Waals surface area contributed by atoms with Gasteiger partial charge < -0.3 is 10.5 Å². The number of carbonyl (C=O) groups excluding carboxylic acids is 1. The largest absolute Gasteiger partial charge is 0.494 e. The first-order valence-electron chi connectivity index (χ1n) is 5.68. The van der Waals surface area contributed by atoms with Gasteiger partial charge in [-0.25, -0.2) is 8.78 Å². The molecule has 0 saturated carbocycles. The van der Waals surface area contributed by atoms with Gasteiger partial charge in [0.15, 0.2) is 11.6 Å². The van der Waals surface area contributed by atoms with Crippen molar-refractivity contribution in [1.82, 2.24) is 0 Å². The Hall–Kier alpha value is -1.56. The molecule has 0 saturated heterocycles. The summed E-state index contributed by atoms with van der Waals surface area (Å²) in [6.07, 6.45) is 0. The molecule has 0 unspecified atom stereocenters. The fourth-order valence-corrected chi connectivity index (χ4v) is 2.24. The van der Waals surface area contributed by atoms with E-state index in [-0.39, 0.29) is 39.5 Å². The highest BCUT2D eigenvalue weighted by Crippen LogP contribution is 2.34. The Morgan fingerprint density at radius 2 is 1.77 bits per heavy atom. The average molecular weight is 369 g/mol. The Bertz CT molecular complexity index is 739. The number of ether oxygens (including phenoxy) is 1. The van der Waals surface area contributed by atoms with Gasteiger partial charge >= 0.3 is 0 Å². The van der Waals surface area contributed by atoms with Gasteiger partial charge in [0, 0.05) is 5.69 Å². The van der Waals surface area contributed by atoms with Crippen LogP contribution in [0.5, 0.6) is 5.75 Å². The highest BCUT2D eigenvalue weighted by atomic mass is 35.5. The summed E-state index contributed by atoms with van der Waals surface area (Å²) in [6, 6.07) is 4.71. The summed E-state index contributed by atoms with van der Waals surface area (Å²) in [5.74, 6) is -3.45. The lowest BCUT2D eigenvalue weighted by atomic mass is 10.00. The monoisotopic (exact) mass is 367 g/mol. The van der Waals surface area contributed by atoms with Crippen LogP contribution in [0.4, 0.5) is 14.5 Å². The van der Waals surface area contributed by atoms with E-state index in [2.05, 4.69) is 0 Å². The summed E-state index contributed by atoms with van der Waals surface area (Å²) in [5.41, 5.74) is 4.57. The minimum absolute atomic E-state index is 0. The van der Waals surface area contributed by atoms with Crippen LogP contribution >= 0.6 is 35.6 Å². The SMILES string of the molecule is COc1ccc(F)c(C(=O)c2c(N)ccc(Cl)c2Cl)c1F.Cl. The molecule has 0 fully saturated rings. The number of nitrogens with two attached hydrogens (primary N) is 1. The zero-order valence-electron chi connectivity index (χ0n) is 11.1. The maximum atomic E-state index is 14.1. The first-order valence-corrected chi connectivity index (χ1v) is 6.44. The summed E-state index contributed by atoms with van der Waals surface area (Å²) in [6.45, 7) is 0. The molecule has 0 heterocycles. The second-order valence-electron chi connectivity index (χ2n) is 4.09. The molecule has 0 atom stereocenters. The van der Waals surface area contributed by atoms with Gasteiger partial charge in [-0.3, -0.25) is 4.79 Å². The molecule has 0 aromatic heterocycles. The Labute approximate surface area is 141 Å². The molecule has 2 rings (SSSR count). The van der Waals surface area contributed by atoms with Crippen LogP contribution in [0, 0.1) is 11.6 Å². The molecule has 0 bridgehead atoms. The number of halogens is 5. The van der Waals surface area contributed by atoms with E-state index in [0.717, 1.165) is 12.1 Å². The van der Waals surface area contributed by atoms with E-state index in [1.54, 1.807) is 0 Å². The number of benzene rings is 2. The molecule has 3 nitrogen and oxygen atoms in total. The number of ketones is 1. The molecule has 2 N–H and O–H groups in total. The van der Waals surface area contributed by atoms with Gasteiger partial charge in [0.2, 0.25) is 5.78 Å². The van der Waals surface area contributed by atoms with Crippen LogP contribution in [0.1, 0.15) is 15.9 Å². The van der Waals surface area contributed by atoms with Crippen molar-refractivity contribution >= 4 is 47.1 Å². The predicted octanol–water partition coefficient (Wildman–Crippen LogP) is 4.52. The van der Waals surface area contributed by atoms with Crippen molar-refractivity contribution < 1.29 is 18.3 Å².